The number of aliphatic carboxylic acids is 2. The molecule has 0 bridgehead atoms. The van der Waals surface area contributed by atoms with E-state index in [2.05, 4.69) is 20.9 Å². The maximum absolute atomic E-state index is 13.1. The molecule has 13 N–H and O–H groups in total. The molecule has 5 atom stereocenters. The van der Waals surface area contributed by atoms with Crippen LogP contribution in [0.2, 0.25) is 0 Å². The molecule has 16 nitrogen and oxygen atoms in total. The van der Waals surface area contributed by atoms with Gasteiger partial charge in [-0.2, -0.15) is 0 Å². The van der Waals surface area contributed by atoms with Gasteiger partial charge in [0.05, 0.1) is 6.10 Å². The number of amides is 3. The van der Waals surface area contributed by atoms with Gasteiger partial charge in [-0.25, -0.2) is 4.79 Å². The second-order valence-corrected chi connectivity index (χ2v) is 9.04. The van der Waals surface area contributed by atoms with Gasteiger partial charge in [0.2, 0.25) is 17.7 Å². The Bertz CT molecular complexity index is 1060. The number of carboxylic acid groups (broad SMARTS) is 2. The fourth-order valence-corrected chi connectivity index (χ4v) is 3.41. The topological polar surface area (TPSA) is 293 Å². The van der Waals surface area contributed by atoms with Crippen molar-refractivity contribution < 1.29 is 44.4 Å². The van der Waals surface area contributed by atoms with Crippen molar-refractivity contribution in [3.05, 3.63) is 29.8 Å². The largest absolute Gasteiger partial charge is 0.508 e. The maximum atomic E-state index is 13.1. The highest BCUT2D eigenvalue weighted by atomic mass is 16.4. The lowest BCUT2D eigenvalue weighted by atomic mass is 10.0. The lowest BCUT2D eigenvalue weighted by molar-refractivity contribution is -0.143. The number of aliphatic imine (C=N–C) groups is 1. The van der Waals surface area contributed by atoms with Crippen LogP contribution in [0.3, 0.4) is 0 Å². The molecule has 0 aliphatic rings. The standard InChI is InChI=1S/C24H37N7O9/c1-12(32)19(25)22(38)30-15(3-2-10-28-24(26)27)20(36)29-16(8-9-18(34)35)21(37)31-17(23(39)40)11-13-4-6-14(33)7-5-13/h4-7,12,15-17,19,32-33H,2-3,8-11,25H2,1H3,(H,29,36)(H,30,38)(H,31,37)(H,34,35)(H,39,40)(H4,26,27,28). The third kappa shape index (κ3) is 12.4. The van der Waals surface area contributed by atoms with Crippen LogP contribution in [-0.4, -0.2) is 92.9 Å². The summed E-state index contributed by atoms with van der Waals surface area (Å²) in [6.07, 6.45) is -2.14. The summed E-state index contributed by atoms with van der Waals surface area (Å²) in [5.41, 5.74) is 16.7. The molecule has 5 unspecified atom stereocenters. The number of phenols is 1. The first-order chi connectivity index (χ1) is 18.7. The summed E-state index contributed by atoms with van der Waals surface area (Å²) in [6, 6.07) is 0.0552. The number of aromatic hydroxyl groups is 1. The molecule has 1 aromatic carbocycles. The van der Waals surface area contributed by atoms with Crippen LogP contribution in [0.25, 0.3) is 0 Å². The summed E-state index contributed by atoms with van der Waals surface area (Å²) in [6.45, 7) is 1.38. The summed E-state index contributed by atoms with van der Waals surface area (Å²) < 4.78 is 0. The van der Waals surface area contributed by atoms with Crippen LogP contribution >= 0.6 is 0 Å². The highest BCUT2D eigenvalue weighted by Gasteiger charge is 2.31. The van der Waals surface area contributed by atoms with Crippen molar-refractivity contribution in [1.82, 2.24) is 16.0 Å². The van der Waals surface area contributed by atoms with Crippen LogP contribution in [0.15, 0.2) is 29.3 Å². The van der Waals surface area contributed by atoms with Crippen molar-refractivity contribution in [2.45, 2.75) is 69.3 Å². The zero-order valence-electron chi connectivity index (χ0n) is 21.9. The van der Waals surface area contributed by atoms with E-state index in [1.165, 1.54) is 31.2 Å². The molecule has 0 fully saturated rings. The minimum Gasteiger partial charge on any atom is -0.508 e. The summed E-state index contributed by atoms with van der Waals surface area (Å²) in [4.78, 5) is 65.3. The highest BCUT2D eigenvalue weighted by molar-refractivity contribution is 5.94. The molecule has 16 heteroatoms. The molecule has 222 valence electrons. The number of rotatable bonds is 17. The van der Waals surface area contributed by atoms with E-state index >= 15 is 0 Å². The zero-order valence-corrected chi connectivity index (χ0v) is 21.9. The van der Waals surface area contributed by atoms with Gasteiger partial charge >= 0.3 is 11.9 Å². The number of guanidine groups is 1. The minimum atomic E-state index is -1.48. The molecule has 0 heterocycles. The van der Waals surface area contributed by atoms with E-state index in [9.17, 15) is 39.3 Å². The molecule has 0 spiro atoms. The van der Waals surface area contributed by atoms with Crippen LogP contribution in [0.5, 0.6) is 5.75 Å². The van der Waals surface area contributed by atoms with Gasteiger partial charge < -0.3 is 53.6 Å². The molecular weight excluding hydrogens is 530 g/mol. The van der Waals surface area contributed by atoms with Crippen molar-refractivity contribution in [3.63, 3.8) is 0 Å². The Kier molecular flexibility index (Phi) is 13.9. The number of nitrogens with one attached hydrogen (secondary N) is 3. The van der Waals surface area contributed by atoms with Gasteiger partial charge in [-0.3, -0.25) is 24.2 Å². The Morgan fingerprint density at radius 2 is 1.40 bits per heavy atom. The second-order valence-electron chi connectivity index (χ2n) is 9.04. The molecule has 0 aliphatic carbocycles. The van der Waals surface area contributed by atoms with E-state index in [1.54, 1.807) is 0 Å². The lowest BCUT2D eigenvalue weighted by Gasteiger charge is -2.25. The Balaban J connectivity index is 3.09. The molecule has 0 saturated carbocycles. The number of nitrogens with two attached hydrogens (primary N) is 3. The maximum Gasteiger partial charge on any atom is 0.326 e. The number of aliphatic hydroxyl groups excluding tert-OH is 1. The van der Waals surface area contributed by atoms with Gasteiger partial charge in [0.15, 0.2) is 5.96 Å². The Morgan fingerprint density at radius 1 is 0.875 bits per heavy atom. The van der Waals surface area contributed by atoms with E-state index in [1.807, 2.05) is 0 Å². The number of phenolic OH excluding ortho intramolecular Hbond substituents is 1. The number of aliphatic hydroxyl groups is 1. The van der Waals surface area contributed by atoms with E-state index in [0.717, 1.165) is 0 Å². The first kappa shape index (κ1) is 33.6. The quantitative estimate of drug-likeness (QED) is 0.0515. The van der Waals surface area contributed by atoms with Crippen LogP contribution in [0.4, 0.5) is 0 Å². The molecule has 0 aromatic heterocycles. The summed E-state index contributed by atoms with van der Waals surface area (Å²) in [5.74, 6) is -5.59. The monoisotopic (exact) mass is 567 g/mol. The number of carbonyl (C=O) groups excluding carboxylic acids is 3. The highest BCUT2D eigenvalue weighted by Crippen LogP contribution is 2.12. The Hall–Kier alpha value is -4.44. The van der Waals surface area contributed by atoms with Crippen molar-refractivity contribution in [1.29, 1.82) is 0 Å². The first-order valence-electron chi connectivity index (χ1n) is 12.3. The molecule has 0 aliphatic heterocycles. The summed E-state index contributed by atoms with van der Waals surface area (Å²) in [5, 5.41) is 44.8. The predicted molar refractivity (Wildman–Crippen MR) is 142 cm³/mol. The van der Waals surface area contributed by atoms with Gasteiger partial charge in [0.1, 0.15) is 29.9 Å². The minimum absolute atomic E-state index is 0.0211. The number of carbonyl (C=O) groups is 5. The molecular formula is C24H37N7O9. The SMILES string of the molecule is CC(O)C(N)C(=O)NC(CCCN=C(N)N)C(=O)NC(CCC(=O)O)C(=O)NC(Cc1ccc(O)cc1)C(=O)O. The van der Waals surface area contributed by atoms with Gasteiger partial charge in [0, 0.05) is 19.4 Å². The van der Waals surface area contributed by atoms with Gasteiger partial charge in [-0.05, 0) is 43.9 Å². The average Bonchev–Trinajstić information content (AvgIpc) is 2.87. The van der Waals surface area contributed by atoms with Crippen molar-refractivity contribution in [2.75, 3.05) is 6.54 Å². The van der Waals surface area contributed by atoms with Gasteiger partial charge in [-0.1, -0.05) is 12.1 Å². The molecule has 40 heavy (non-hydrogen) atoms. The number of benzene rings is 1. The summed E-state index contributed by atoms with van der Waals surface area (Å²) >= 11 is 0. The number of carboxylic acids is 2. The lowest BCUT2D eigenvalue weighted by Crippen LogP contribution is -2.58. The van der Waals surface area contributed by atoms with Gasteiger partial charge in [0.25, 0.3) is 0 Å². The smallest absolute Gasteiger partial charge is 0.326 e. The van der Waals surface area contributed by atoms with E-state index in [0.29, 0.717) is 5.56 Å². The van der Waals surface area contributed by atoms with Gasteiger partial charge in [-0.15, -0.1) is 0 Å². The molecule has 1 rings (SSSR count). The second kappa shape index (κ2) is 16.5. The van der Waals surface area contributed by atoms with E-state index in [4.69, 9.17) is 22.3 Å². The Labute approximate surface area is 230 Å². The number of hydrogen-bond acceptors (Lipinski definition) is 9. The Morgan fingerprint density at radius 3 is 1.90 bits per heavy atom. The fourth-order valence-electron chi connectivity index (χ4n) is 3.41. The first-order valence-corrected chi connectivity index (χ1v) is 12.3. The average molecular weight is 568 g/mol. The van der Waals surface area contributed by atoms with Crippen molar-refractivity contribution in [2.24, 2.45) is 22.2 Å². The molecule has 0 radical (unpaired) electrons. The zero-order chi connectivity index (χ0) is 30.4. The van der Waals surface area contributed by atoms with E-state index < -0.39 is 66.4 Å². The number of nitrogens with zero attached hydrogens (tertiary/aromatic N) is 1. The molecule has 3 amide bonds. The van der Waals surface area contributed by atoms with E-state index in [-0.39, 0.29) is 43.9 Å². The fraction of sp³-hybridized carbons (Fsp3) is 0.500. The van der Waals surface area contributed by atoms with Crippen LogP contribution < -0.4 is 33.2 Å². The summed E-state index contributed by atoms with van der Waals surface area (Å²) in [7, 11) is 0. The normalized spacial score (nSPS) is 14.5. The van der Waals surface area contributed by atoms with Crippen LogP contribution in [-0.2, 0) is 30.4 Å². The predicted octanol–water partition coefficient (Wildman–Crippen LogP) is -2.90. The third-order valence-electron chi connectivity index (χ3n) is 5.67. The van der Waals surface area contributed by atoms with Crippen molar-refractivity contribution >= 4 is 35.6 Å². The van der Waals surface area contributed by atoms with Crippen LogP contribution in [0.1, 0.15) is 38.2 Å². The molecule has 0 saturated heterocycles. The molecule has 1 aromatic rings. The van der Waals surface area contributed by atoms with Crippen molar-refractivity contribution in [3.8, 4) is 5.75 Å². The number of hydrogen-bond donors (Lipinski definition) is 10. The van der Waals surface area contributed by atoms with Crippen LogP contribution in [0, 0.1) is 0 Å². The third-order valence-corrected chi connectivity index (χ3v) is 5.67.